The van der Waals surface area contributed by atoms with E-state index in [1.165, 1.54) is 0 Å². The summed E-state index contributed by atoms with van der Waals surface area (Å²) in [6, 6.07) is 0. The molecule has 44 valence electrons. The molecule has 0 bridgehead atoms. The second-order valence-electron chi connectivity index (χ2n) is 0. The fraction of sp³-hybridized carbons (Fsp3) is 0. The largest absolute Gasteiger partial charge is 3.00 e. The molecule has 0 atom stereocenters. The van der Waals surface area contributed by atoms with Gasteiger partial charge in [0.05, 0.1) is 0 Å². The Labute approximate surface area is 104 Å². The first kappa shape index (κ1) is 64.2. The number of hydrogen-bond acceptors (Lipinski definition) is 0. The Balaban J connectivity index is 0. The minimum absolute atomic E-state index is 0. The molecule has 0 heterocycles. The molecule has 0 saturated carbocycles. The van der Waals surface area contributed by atoms with E-state index >= 15 is 0 Å². The van der Waals surface area contributed by atoms with Crippen molar-refractivity contribution in [2.45, 2.75) is 0 Å². The van der Waals surface area contributed by atoms with E-state index in [0.29, 0.717) is 0 Å². The second kappa shape index (κ2) is 43.7. The van der Waals surface area contributed by atoms with Crippen molar-refractivity contribution >= 4 is 0 Å². The molecule has 0 unspecified atom stereocenters. The molecule has 0 aliphatic rings. The van der Waals surface area contributed by atoms with E-state index in [4.69, 9.17) is 0 Å². The van der Waals surface area contributed by atoms with Crippen LogP contribution in [0.4, 0.5) is 0 Å². The van der Waals surface area contributed by atoms with Gasteiger partial charge in [-0.1, -0.05) is 0 Å². The maximum Gasteiger partial charge on any atom is 3.00 e. The summed E-state index contributed by atoms with van der Waals surface area (Å²) < 4.78 is 0. The van der Waals surface area contributed by atoms with E-state index in [9.17, 15) is 0 Å². The summed E-state index contributed by atoms with van der Waals surface area (Å²) in [4.78, 5) is 0. The molecule has 0 spiro atoms. The van der Waals surface area contributed by atoms with Gasteiger partial charge in [0.25, 0.3) is 0 Å². The minimum Gasteiger partial charge on any atom is -1.00 e. The smallest absolute Gasteiger partial charge is 1.00 e. The van der Waals surface area contributed by atoms with Crippen molar-refractivity contribution in [3.05, 3.63) is 0 Å². The molecule has 6 heavy (non-hydrogen) atoms. The van der Waals surface area contributed by atoms with Crippen LogP contribution in [0.5, 0.6) is 0 Å². The zero-order valence-corrected chi connectivity index (χ0v) is 7.45. The first-order valence-electron chi connectivity index (χ1n) is 0. The first-order valence-corrected chi connectivity index (χ1v) is 0. The van der Waals surface area contributed by atoms with E-state index in [1.807, 2.05) is 0 Å². The molecule has 0 aliphatic carbocycles. The van der Waals surface area contributed by atoms with Crippen molar-refractivity contribution in [3.8, 4) is 0 Å². The van der Waals surface area contributed by atoms with Gasteiger partial charge in [0.2, 0.25) is 0 Å². The standard InChI is InChI=1S/4ClH.Li.Lu/h4*1H;;/q;;;;+1;+3/p-4. The maximum atomic E-state index is 0. The van der Waals surface area contributed by atoms with Crippen molar-refractivity contribution < 1.29 is 105 Å². The van der Waals surface area contributed by atoms with Gasteiger partial charge in [-0.05, 0) is 0 Å². The zero-order chi connectivity index (χ0) is 0. The van der Waals surface area contributed by atoms with Crippen LogP contribution in [0.2, 0.25) is 0 Å². The van der Waals surface area contributed by atoms with Crippen LogP contribution in [0, 0.1) is 36.9 Å². The van der Waals surface area contributed by atoms with Crippen molar-refractivity contribution in [2.24, 2.45) is 0 Å². The van der Waals surface area contributed by atoms with E-state index in [0.717, 1.165) is 0 Å². The molecule has 0 N–H and O–H groups in total. The summed E-state index contributed by atoms with van der Waals surface area (Å²) >= 11 is 0. The Morgan fingerprint density at radius 3 is 0.500 bits per heavy atom. The zero-order valence-electron chi connectivity index (χ0n) is 2.77. The Morgan fingerprint density at radius 1 is 0.500 bits per heavy atom. The Hall–Kier alpha value is 2.99. The SMILES string of the molecule is [Cl-].[Cl-].[Cl-].[Cl-].[Li+].[Lu+3]. The van der Waals surface area contributed by atoms with Crippen molar-refractivity contribution in [2.75, 3.05) is 0 Å². The molecule has 0 aromatic heterocycles. The van der Waals surface area contributed by atoms with E-state index in [2.05, 4.69) is 0 Å². The Morgan fingerprint density at radius 2 is 0.500 bits per heavy atom. The van der Waals surface area contributed by atoms with Gasteiger partial charge in [0, 0.05) is 0 Å². The van der Waals surface area contributed by atoms with Crippen molar-refractivity contribution in [1.29, 1.82) is 0 Å². The molecule has 0 rings (SSSR count). The maximum absolute atomic E-state index is 0. The van der Waals surface area contributed by atoms with E-state index in [1.54, 1.807) is 0 Å². The van der Waals surface area contributed by atoms with Gasteiger partial charge in [-0.2, -0.15) is 0 Å². The van der Waals surface area contributed by atoms with Crippen LogP contribution >= 0.6 is 0 Å². The normalized spacial score (nSPS) is 0. The molecule has 0 saturated heterocycles. The summed E-state index contributed by atoms with van der Waals surface area (Å²) in [7, 11) is 0. The molecule has 6 heteroatoms. The van der Waals surface area contributed by atoms with Gasteiger partial charge in [0.15, 0.2) is 0 Å². The van der Waals surface area contributed by atoms with Crippen LogP contribution in [0.25, 0.3) is 0 Å². The number of rotatable bonds is 0. The minimum atomic E-state index is 0. The molecule has 0 fully saturated rings. The predicted molar refractivity (Wildman–Crippen MR) is 0 cm³/mol. The van der Waals surface area contributed by atoms with Gasteiger partial charge < -0.3 is 49.6 Å². The summed E-state index contributed by atoms with van der Waals surface area (Å²) in [5.74, 6) is 0. The summed E-state index contributed by atoms with van der Waals surface area (Å²) in [6.45, 7) is 0. The molecule has 0 aliphatic heterocycles. The van der Waals surface area contributed by atoms with E-state index in [-0.39, 0.29) is 105 Å². The Kier molecular flexibility index (Phi) is 467. The van der Waals surface area contributed by atoms with E-state index < -0.39 is 0 Å². The molecule has 0 aromatic carbocycles. The average Bonchev–Trinajstić information content (AvgIpc) is 0. The van der Waals surface area contributed by atoms with Crippen LogP contribution in [0.3, 0.4) is 0 Å². The Bertz CT molecular complexity index is 7.51. The van der Waals surface area contributed by atoms with Gasteiger partial charge in [-0.3, -0.25) is 0 Å². The third-order valence-electron chi connectivity index (χ3n) is 0. The number of halogens is 4. The number of hydrogen-bond donors (Lipinski definition) is 0. The fourth-order valence-electron chi connectivity index (χ4n) is 0. The van der Waals surface area contributed by atoms with Gasteiger partial charge in [-0.25, -0.2) is 0 Å². The molecule has 0 amide bonds. The fourth-order valence-corrected chi connectivity index (χ4v) is 0. The third kappa shape index (κ3) is 28.0. The molecular formula is Cl4LiLu. The van der Waals surface area contributed by atoms with Crippen LogP contribution in [-0.4, -0.2) is 0 Å². The van der Waals surface area contributed by atoms with Gasteiger partial charge in [0.1, 0.15) is 0 Å². The second-order valence-corrected chi connectivity index (χ2v) is 0. The quantitative estimate of drug-likeness (QED) is 0.389. The van der Waals surface area contributed by atoms with Crippen molar-refractivity contribution in [3.63, 3.8) is 0 Å². The topological polar surface area (TPSA) is 0 Å². The van der Waals surface area contributed by atoms with Crippen LogP contribution in [-0.2, 0) is 0 Å². The molecule has 0 radical (unpaired) electrons. The first-order chi connectivity index (χ1) is 0. The van der Waals surface area contributed by atoms with Crippen LogP contribution < -0.4 is 68.5 Å². The summed E-state index contributed by atoms with van der Waals surface area (Å²) in [5.41, 5.74) is 0. The average molecular weight is 324 g/mol. The molecular weight excluding hydrogens is 324 g/mol. The van der Waals surface area contributed by atoms with Crippen LogP contribution in [0.15, 0.2) is 0 Å². The van der Waals surface area contributed by atoms with Gasteiger partial charge in [-0.15, -0.1) is 0 Å². The van der Waals surface area contributed by atoms with Crippen molar-refractivity contribution in [1.82, 2.24) is 0 Å². The predicted octanol–water partition coefficient (Wildman–Crippen LogP) is -15.0. The molecule has 0 aromatic rings. The summed E-state index contributed by atoms with van der Waals surface area (Å²) in [5, 5.41) is 0. The monoisotopic (exact) mass is 322 g/mol. The van der Waals surface area contributed by atoms with Gasteiger partial charge >= 0.3 is 55.7 Å². The van der Waals surface area contributed by atoms with Crippen LogP contribution in [0.1, 0.15) is 0 Å². The third-order valence-corrected chi connectivity index (χ3v) is 0. The molecule has 0 nitrogen and oxygen atoms in total. The summed E-state index contributed by atoms with van der Waals surface area (Å²) in [6.07, 6.45) is 0.